The number of halogens is 1. The van der Waals surface area contributed by atoms with Gasteiger partial charge in [0.2, 0.25) is 11.8 Å². The molecule has 2 amide bonds. The average Bonchev–Trinajstić information content (AvgIpc) is 3.44. The van der Waals surface area contributed by atoms with Crippen LogP contribution in [0.15, 0.2) is 53.5 Å². The lowest BCUT2D eigenvalue weighted by atomic mass is 10.2. The zero-order chi connectivity index (χ0) is 22.3. The molecule has 0 bridgehead atoms. The minimum absolute atomic E-state index is 0. The van der Waals surface area contributed by atoms with Crippen LogP contribution in [0.2, 0.25) is 0 Å². The zero-order valence-corrected chi connectivity index (χ0v) is 21.4. The Bertz CT molecular complexity index is 975. The van der Waals surface area contributed by atoms with E-state index in [-0.39, 0.29) is 35.8 Å². The van der Waals surface area contributed by atoms with E-state index in [0.717, 1.165) is 60.9 Å². The Kier molecular flexibility index (Phi) is 9.11. The van der Waals surface area contributed by atoms with Crippen LogP contribution in [0.3, 0.4) is 0 Å². The molecule has 4 rings (SSSR count). The molecule has 2 aliphatic heterocycles. The summed E-state index contributed by atoms with van der Waals surface area (Å²) in [5.41, 5.74) is 4.16. The summed E-state index contributed by atoms with van der Waals surface area (Å²) < 4.78 is 0. The van der Waals surface area contributed by atoms with Crippen molar-refractivity contribution in [3.8, 4) is 0 Å². The van der Waals surface area contributed by atoms with Crippen molar-refractivity contribution in [2.75, 3.05) is 29.4 Å². The van der Waals surface area contributed by atoms with Crippen molar-refractivity contribution in [1.29, 1.82) is 0 Å². The van der Waals surface area contributed by atoms with Gasteiger partial charge < -0.3 is 20.4 Å². The topological polar surface area (TPSA) is 77.0 Å². The fourth-order valence-electron chi connectivity index (χ4n) is 4.12. The molecule has 2 aromatic carbocycles. The van der Waals surface area contributed by atoms with Gasteiger partial charge in [0.05, 0.1) is 6.54 Å². The lowest BCUT2D eigenvalue weighted by Gasteiger charge is -2.17. The van der Waals surface area contributed by atoms with Crippen molar-refractivity contribution in [1.82, 2.24) is 10.6 Å². The van der Waals surface area contributed by atoms with E-state index < -0.39 is 0 Å². The van der Waals surface area contributed by atoms with Gasteiger partial charge in [0.15, 0.2) is 5.96 Å². The van der Waals surface area contributed by atoms with Crippen molar-refractivity contribution in [3.05, 3.63) is 59.7 Å². The standard InChI is InChI=1S/C25H31N5O2.HI/c1-2-26-25(27-17-19-7-11-21(12-8-19)29-15-3-5-23(29)31)28-18-20-9-13-22(14-10-20)30-16-4-6-24(30)32;/h7-14H,2-6,15-18H2,1H3,(H2,26,27,28);1H. The van der Waals surface area contributed by atoms with Crippen molar-refractivity contribution in [3.63, 3.8) is 0 Å². The summed E-state index contributed by atoms with van der Waals surface area (Å²) in [5.74, 6) is 1.16. The molecule has 0 aromatic heterocycles. The molecule has 7 nitrogen and oxygen atoms in total. The fraction of sp³-hybridized carbons (Fsp3) is 0.400. The summed E-state index contributed by atoms with van der Waals surface area (Å²) >= 11 is 0. The van der Waals surface area contributed by atoms with Crippen LogP contribution in [-0.2, 0) is 22.7 Å². The zero-order valence-electron chi connectivity index (χ0n) is 19.0. The molecule has 0 aliphatic carbocycles. The first kappa shape index (κ1) is 25.0. The van der Waals surface area contributed by atoms with E-state index in [0.29, 0.717) is 25.9 Å². The number of anilines is 2. The van der Waals surface area contributed by atoms with E-state index in [9.17, 15) is 9.59 Å². The molecule has 2 aromatic rings. The van der Waals surface area contributed by atoms with Crippen molar-refractivity contribution < 1.29 is 9.59 Å². The first-order chi connectivity index (χ1) is 15.6. The van der Waals surface area contributed by atoms with Crippen LogP contribution in [0.5, 0.6) is 0 Å². The van der Waals surface area contributed by atoms with E-state index in [4.69, 9.17) is 4.99 Å². The van der Waals surface area contributed by atoms with Crippen LogP contribution < -0.4 is 20.4 Å². The highest BCUT2D eigenvalue weighted by atomic mass is 127. The molecule has 2 N–H and O–H groups in total. The fourth-order valence-corrected chi connectivity index (χ4v) is 4.12. The Morgan fingerprint density at radius 1 is 0.818 bits per heavy atom. The van der Waals surface area contributed by atoms with Crippen LogP contribution in [0.25, 0.3) is 0 Å². The number of hydrogen-bond donors (Lipinski definition) is 2. The largest absolute Gasteiger partial charge is 0.357 e. The SMILES string of the molecule is CCNC(=NCc1ccc(N2CCCC2=O)cc1)NCc1ccc(N2CCCC2=O)cc1.I. The second-order valence-corrected chi connectivity index (χ2v) is 8.18. The molecule has 2 saturated heterocycles. The van der Waals surface area contributed by atoms with Crippen LogP contribution in [0.4, 0.5) is 11.4 Å². The summed E-state index contributed by atoms with van der Waals surface area (Å²) in [7, 11) is 0. The summed E-state index contributed by atoms with van der Waals surface area (Å²) in [6.07, 6.45) is 3.15. The third kappa shape index (κ3) is 6.46. The van der Waals surface area contributed by atoms with Crippen LogP contribution >= 0.6 is 24.0 Å². The van der Waals surface area contributed by atoms with E-state index in [2.05, 4.69) is 22.8 Å². The Hall–Kier alpha value is -2.62. The average molecular weight is 561 g/mol. The van der Waals surface area contributed by atoms with Crippen molar-refractivity contribution >= 4 is 53.1 Å². The lowest BCUT2D eigenvalue weighted by molar-refractivity contribution is -0.117. The van der Waals surface area contributed by atoms with Gasteiger partial charge in [-0.25, -0.2) is 4.99 Å². The highest BCUT2D eigenvalue weighted by Gasteiger charge is 2.22. The lowest BCUT2D eigenvalue weighted by Crippen LogP contribution is -2.36. The molecule has 0 spiro atoms. The quantitative estimate of drug-likeness (QED) is 0.306. The Labute approximate surface area is 212 Å². The Morgan fingerprint density at radius 3 is 1.79 bits per heavy atom. The maximum atomic E-state index is 11.9. The second-order valence-electron chi connectivity index (χ2n) is 8.18. The number of guanidine groups is 1. The van der Waals surface area contributed by atoms with Gasteiger partial charge in [0.1, 0.15) is 0 Å². The number of amides is 2. The summed E-state index contributed by atoms with van der Waals surface area (Å²) in [6.45, 7) is 5.64. The maximum absolute atomic E-state index is 11.9. The van der Waals surface area contributed by atoms with Gasteiger partial charge in [-0.15, -0.1) is 24.0 Å². The second kappa shape index (κ2) is 12.0. The van der Waals surface area contributed by atoms with Gasteiger partial charge in [0.25, 0.3) is 0 Å². The van der Waals surface area contributed by atoms with Gasteiger partial charge in [0, 0.05) is 50.4 Å². The number of aliphatic imine (C=N–C) groups is 1. The summed E-state index contributed by atoms with van der Waals surface area (Å²) in [4.78, 5) is 32.2. The number of hydrogen-bond acceptors (Lipinski definition) is 3. The molecule has 0 radical (unpaired) electrons. The highest BCUT2D eigenvalue weighted by Crippen LogP contribution is 2.22. The Morgan fingerprint density at radius 2 is 1.33 bits per heavy atom. The molecule has 8 heteroatoms. The predicted octanol–water partition coefficient (Wildman–Crippen LogP) is 3.81. The number of nitrogens with one attached hydrogen (secondary N) is 2. The number of carbonyl (C=O) groups excluding carboxylic acids is 2. The summed E-state index contributed by atoms with van der Waals surface area (Å²) in [6, 6.07) is 16.2. The molecule has 0 atom stereocenters. The molecular formula is C25H32IN5O2. The Balaban J connectivity index is 0.00000306. The molecule has 33 heavy (non-hydrogen) atoms. The van der Waals surface area contributed by atoms with E-state index in [1.54, 1.807) is 0 Å². The highest BCUT2D eigenvalue weighted by molar-refractivity contribution is 14.0. The molecule has 0 saturated carbocycles. The number of nitrogens with zero attached hydrogens (tertiary/aromatic N) is 3. The molecule has 2 fully saturated rings. The van der Waals surface area contributed by atoms with Gasteiger partial charge in [-0.3, -0.25) is 9.59 Å². The summed E-state index contributed by atoms with van der Waals surface area (Å²) in [5, 5.41) is 6.65. The van der Waals surface area contributed by atoms with E-state index >= 15 is 0 Å². The van der Waals surface area contributed by atoms with Crippen molar-refractivity contribution in [2.45, 2.75) is 45.7 Å². The van der Waals surface area contributed by atoms with Gasteiger partial charge in [-0.2, -0.15) is 0 Å². The van der Waals surface area contributed by atoms with Gasteiger partial charge in [-0.1, -0.05) is 24.3 Å². The normalized spacial score (nSPS) is 16.2. The van der Waals surface area contributed by atoms with Gasteiger partial charge >= 0.3 is 0 Å². The molecular weight excluding hydrogens is 529 g/mol. The third-order valence-electron chi connectivity index (χ3n) is 5.87. The predicted molar refractivity (Wildman–Crippen MR) is 143 cm³/mol. The van der Waals surface area contributed by atoms with Crippen LogP contribution in [0, 0.1) is 0 Å². The molecule has 176 valence electrons. The first-order valence-corrected chi connectivity index (χ1v) is 11.4. The molecule has 2 aliphatic rings. The number of benzene rings is 2. The minimum atomic E-state index is 0. The number of rotatable bonds is 7. The van der Waals surface area contributed by atoms with E-state index in [1.807, 2.05) is 53.1 Å². The van der Waals surface area contributed by atoms with Crippen LogP contribution in [-0.4, -0.2) is 37.4 Å². The van der Waals surface area contributed by atoms with Gasteiger partial charge in [-0.05, 0) is 55.2 Å². The van der Waals surface area contributed by atoms with E-state index in [1.165, 1.54) is 0 Å². The molecule has 2 heterocycles. The number of carbonyl (C=O) groups is 2. The minimum Gasteiger partial charge on any atom is -0.357 e. The smallest absolute Gasteiger partial charge is 0.227 e. The van der Waals surface area contributed by atoms with Crippen LogP contribution in [0.1, 0.15) is 43.7 Å². The maximum Gasteiger partial charge on any atom is 0.227 e. The molecule has 0 unspecified atom stereocenters. The first-order valence-electron chi connectivity index (χ1n) is 11.4. The third-order valence-corrected chi connectivity index (χ3v) is 5.87. The van der Waals surface area contributed by atoms with Crippen molar-refractivity contribution in [2.24, 2.45) is 4.99 Å². The monoisotopic (exact) mass is 561 g/mol.